The fourth-order valence-electron chi connectivity index (χ4n) is 1.53. The molecule has 4 heteroatoms. The molecule has 18 heavy (non-hydrogen) atoms. The van der Waals surface area contributed by atoms with Gasteiger partial charge in [0.05, 0.1) is 0 Å². The minimum absolute atomic E-state index is 0.123. The summed E-state index contributed by atoms with van der Waals surface area (Å²) in [6, 6.07) is 11.3. The molecule has 2 rings (SSSR count). The van der Waals surface area contributed by atoms with Gasteiger partial charge in [-0.1, -0.05) is 0 Å². The molecule has 0 saturated carbocycles. The van der Waals surface area contributed by atoms with Crippen molar-refractivity contribution < 1.29 is 13.5 Å². The van der Waals surface area contributed by atoms with E-state index in [1.54, 1.807) is 12.1 Å². The highest BCUT2D eigenvalue weighted by Gasteiger charge is 2.00. The largest absolute Gasteiger partial charge is 0.624 e. The maximum atomic E-state index is 12.7. The molecule has 0 fully saturated rings. The van der Waals surface area contributed by atoms with Gasteiger partial charge in [0.1, 0.15) is 11.6 Å². The van der Waals surface area contributed by atoms with Gasteiger partial charge in [-0.3, -0.25) is 0 Å². The van der Waals surface area contributed by atoms with E-state index in [1.807, 2.05) is 0 Å². The number of nitrogens with zero attached hydrogens (tertiary/aromatic N) is 1. The summed E-state index contributed by atoms with van der Waals surface area (Å²) in [7, 11) is 0. The van der Waals surface area contributed by atoms with Gasteiger partial charge in [0.2, 0.25) is 0 Å². The number of hydrogen-bond donors (Lipinski definition) is 0. The van der Waals surface area contributed by atoms with Gasteiger partial charge in [0, 0.05) is 11.1 Å². The summed E-state index contributed by atoms with van der Waals surface area (Å²) >= 11 is 0. The Morgan fingerprint density at radius 1 is 0.889 bits per heavy atom. The molecule has 2 aromatic rings. The van der Waals surface area contributed by atoms with Crippen LogP contribution < -0.4 is 0 Å². The van der Waals surface area contributed by atoms with Gasteiger partial charge in [0.25, 0.3) is 0 Å². The van der Waals surface area contributed by atoms with E-state index >= 15 is 0 Å². The first-order valence-corrected chi connectivity index (χ1v) is 5.42. The van der Waals surface area contributed by atoms with E-state index in [0.29, 0.717) is 11.1 Å². The van der Waals surface area contributed by atoms with Crippen molar-refractivity contribution >= 4 is 6.21 Å². The number of halogens is 2. The van der Waals surface area contributed by atoms with E-state index in [2.05, 4.69) is 0 Å². The van der Waals surface area contributed by atoms with E-state index < -0.39 is 0 Å². The summed E-state index contributed by atoms with van der Waals surface area (Å²) in [5, 5.41) is 11.6. The molecule has 2 aromatic carbocycles. The summed E-state index contributed by atoms with van der Waals surface area (Å²) in [5.41, 5.74) is 1.33. The average Bonchev–Trinajstić information content (AvgIpc) is 2.35. The van der Waals surface area contributed by atoms with E-state index in [1.165, 1.54) is 42.6 Å². The Morgan fingerprint density at radius 3 is 1.94 bits per heavy atom. The zero-order valence-corrected chi connectivity index (χ0v) is 9.51. The summed E-state index contributed by atoms with van der Waals surface area (Å²) in [5.74, 6) is -0.679. The van der Waals surface area contributed by atoms with Gasteiger partial charge in [-0.2, -0.15) is 0 Å². The molecule has 2 nitrogen and oxygen atoms in total. The van der Waals surface area contributed by atoms with E-state index in [9.17, 15) is 14.0 Å². The van der Waals surface area contributed by atoms with Crippen LogP contribution in [0.5, 0.6) is 0 Å². The van der Waals surface area contributed by atoms with Crippen molar-refractivity contribution in [1.29, 1.82) is 0 Å². The zero-order chi connectivity index (χ0) is 13.0. The zero-order valence-electron chi connectivity index (χ0n) is 9.51. The fraction of sp³-hybridized carbons (Fsp3) is 0.0714. The molecule has 0 bridgehead atoms. The first-order chi connectivity index (χ1) is 8.63. The molecule has 0 unspecified atom stereocenters. The SMILES string of the molecule is [O-]/[N+](=C\c1ccc(F)cc1)Cc1ccc(F)cc1. The van der Waals surface area contributed by atoms with Crippen LogP contribution in [0.1, 0.15) is 11.1 Å². The van der Waals surface area contributed by atoms with E-state index in [-0.39, 0.29) is 18.2 Å². The van der Waals surface area contributed by atoms with Gasteiger partial charge >= 0.3 is 0 Å². The molecule has 0 aromatic heterocycles. The van der Waals surface area contributed by atoms with Crippen LogP contribution in [0.25, 0.3) is 0 Å². The normalized spacial score (nSPS) is 11.6. The molecule has 0 aliphatic rings. The third-order valence-electron chi connectivity index (χ3n) is 2.41. The Kier molecular flexibility index (Phi) is 3.67. The average molecular weight is 247 g/mol. The fourth-order valence-corrected chi connectivity index (χ4v) is 1.53. The third-order valence-corrected chi connectivity index (χ3v) is 2.41. The molecule has 0 N–H and O–H groups in total. The van der Waals surface area contributed by atoms with Crippen LogP contribution in [-0.2, 0) is 6.54 Å². The van der Waals surface area contributed by atoms with Crippen molar-refractivity contribution in [3.63, 3.8) is 0 Å². The molecule has 92 valence electrons. The summed E-state index contributed by atoms with van der Waals surface area (Å²) in [6.07, 6.45) is 1.36. The highest BCUT2D eigenvalue weighted by atomic mass is 19.1. The van der Waals surface area contributed by atoms with E-state index in [0.717, 1.165) is 4.74 Å². The number of hydrogen-bond acceptors (Lipinski definition) is 1. The molecule has 0 radical (unpaired) electrons. The lowest BCUT2D eigenvalue weighted by Crippen LogP contribution is -2.05. The molecule has 0 atom stereocenters. The second-order valence-electron chi connectivity index (χ2n) is 3.88. The second kappa shape index (κ2) is 5.40. The molecule has 0 spiro atoms. The number of hydroxylamine groups is 1. The maximum absolute atomic E-state index is 12.7. The summed E-state index contributed by atoms with van der Waals surface area (Å²) in [6.45, 7) is 0.123. The van der Waals surface area contributed by atoms with Gasteiger partial charge in [-0.05, 0) is 48.5 Å². The van der Waals surface area contributed by atoms with Crippen LogP contribution in [0, 0.1) is 16.8 Å². The van der Waals surface area contributed by atoms with Gasteiger partial charge in [-0.25, -0.2) is 13.5 Å². The highest BCUT2D eigenvalue weighted by Crippen LogP contribution is 2.04. The van der Waals surface area contributed by atoms with Gasteiger partial charge < -0.3 is 5.21 Å². The predicted octanol–water partition coefficient (Wildman–Crippen LogP) is 3.09. The van der Waals surface area contributed by atoms with Crippen molar-refractivity contribution in [1.82, 2.24) is 0 Å². The molecule has 0 saturated heterocycles. The molecule has 0 aliphatic heterocycles. The van der Waals surface area contributed by atoms with Gasteiger partial charge in [0.15, 0.2) is 12.8 Å². The molecule has 0 amide bonds. The quantitative estimate of drug-likeness (QED) is 0.354. The standard InChI is InChI=1S/C14H11F2NO/c15-13-5-1-11(2-6-13)9-17(18)10-12-3-7-14(16)8-4-12/h1-9H,10H2/b17-9-. The lowest BCUT2D eigenvalue weighted by atomic mass is 10.2. The molecule has 0 heterocycles. The smallest absolute Gasteiger partial charge is 0.182 e. The molecular weight excluding hydrogens is 236 g/mol. The van der Waals surface area contributed by atoms with Gasteiger partial charge in [-0.15, -0.1) is 0 Å². The van der Waals surface area contributed by atoms with Crippen LogP contribution in [0.3, 0.4) is 0 Å². The van der Waals surface area contributed by atoms with Crippen LogP contribution >= 0.6 is 0 Å². The van der Waals surface area contributed by atoms with Crippen LogP contribution in [-0.4, -0.2) is 11.0 Å². The Morgan fingerprint density at radius 2 is 1.39 bits per heavy atom. The Labute approximate surface area is 103 Å². The van der Waals surface area contributed by atoms with Crippen LogP contribution in [0.15, 0.2) is 48.5 Å². The van der Waals surface area contributed by atoms with Crippen molar-refractivity contribution in [3.8, 4) is 0 Å². The minimum Gasteiger partial charge on any atom is -0.624 e. The van der Waals surface area contributed by atoms with Crippen molar-refractivity contribution in [3.05, 3.63) is 76.5 Å². The predicted molar refractivity (Wildman–Crippen MR) is 65.3 cm³/mol. The Balaban J connectivity index is 2.09. The second-order valence-corrected chi connectivity index (χ2v) is 3.88. The summed E-state index contributed by atoms with van der Waals surface area (Å²) < 4.78 is 26.1. The first-order valence-electron chi connectivity index (χ1n) is 5.42. The third kappa shape index (κ3) is 3.38. The van der Waals surface area contributed by atoms with Crippen LogP contribution in [0.4, 0.5) is 8.78 Å². The number of rotatable bonds is 3. The lowest BCUT2D eigenvalue weighted by Gasteiger charge is -2.04. The monoisotopic (exact) mass is 247 g/mol. The van der Waals surface area contributed by atoms with Crippen molar-refractivity contribution in [2.24, 2.45) is 0 Å². The van der Waals surface area contributed by atoms with Crippen molar-refractivity contribution in [2.45, 2.75) is 6.54 Å². The van der Waals surface area contributed by atoms with E-state index in [4.69, 9.17) is 0 Å². The first kappa shape index (κ1) is 12.2. The van der Waals surface area contributed by atoms with Crippen LogP contribution in [0.2, 0.25) is 0 Å². The minimum atomic E-state index is -0.344. The highest BCUT2D eigenvalue weighted by molar-refractivity contribution is 5.75. The molecular formula is C14H11F2NO. The van der Waals surface area contributed by atoms with Crippen molar-refractivity contribution in [2.75, 3.05) is 0 Å². The maximum Gasteiger partial charge on any atom is 0.182 e. The topological polar surface area (TPSA) is 26.1 Å². The Hall–Kier alpha value is -2.23. The summed E-state index contributed by atoms with van der Waals surface area (Å²) in [4.78, 5) is 0. The lowest BCUT2D eigenvalue weighted by molar-refractivity contribution is -0.469. The number of benzene rings is 2. The Bertz CT molecular complexity index is 547. The molecule has 0 aliphatic carbocycles.